The summed E-state index contributed by atoms with van der Waals surface area (Å²) in [6.45, 7) is 1.05. The molecule has 92 valence electrons. The summed E-state index contributed by atoms with van der Waals surface area (Å²) < 4.78 is 0.959. The lowest BCUT2D eigenvalue weighted by atomic mass is 9.89. The van der Waals surface area contributed by atoms with E-state index in [0.29, 0.717) is 0 Å². The molecular weight excluding hydrogens is 278 g/mol. The molecule has 3 unspecified atom stereocenters. The molecule has 2 saturated carbocycles. The van der Waals surface area contributed by atoms with Gasteiger partial charge in [-0.3, -0.25) is 4.98 Å². The van der Waals surface area contributed by atoms with E-state index in [1.54, 1.807) is 12.4 Å². The standard InChI is InChI=1S/C13H18BrN3/c14-11-6-16-7-12(15)13(11)17-5-10-4-8-1-2-9(10)3-8/h6-10H,1-5,15H2,(H,16,17). The predicted molar refractivity (Wildman–Crippen MR) is 73.8 cm³/mol. The molecule has 0 spiro atoms. The zero-order chi connectivity index (χ0) is 11.8. The number of anilines is 2. The molecule has 1 heterocycles. The van der Waals surface area contributed by atoms with Crippen LogP contribution in [0.15, 0.2) is 16.9 Å². The molecule has 3 nitrogen and oxygen atoms in total. The highest BCUT2D eigenvalue weighted by molar-refractivity contribution is 9.10. The molecule has 0 aromatic carbocycles. The summed E-state index contributed by atoms with van der Waals surface area (Å²) in [6.07, 6.45) is 9.25. The molecule has 4 heteroatoms. The molecule has 0 saturated heterocycles. The van der Waals surface area contributed by atoms with Crippen LogP contribution in [-0.4, -0.2) is 11.5 Å². The smallest absolute Gasteiger partial charge is 0.0750 e. The van der Waals surface area contributed by atoms with Crippen LogP contribution >= 0.6 is 15.9 Å². The minimum absolute atomic E-state index is 0.725. The molecule has 2 aliphatic rings. The van der Waals surface area contributed by atoms with Gasteiger partial charge in [0.1, 0.15) is 0 Å². The van der Waals surface area contributed by atoms with Crippen molar-refractivity contribution in [1.82, 2.24) is 4.98 Å². The van der Waals surface area contributed by atoms with E-state index in [9.17, 15) is 0 Å². The number of rotatable bonds is 3. The van der Waals surface area contributed by atoms with Gasteiger partial charge in [0.15, 0.2) is 0 Å². The molecule has 2 fully saturated rings. The van der Waals surface area contributed by atoms with Crippen LogP contribution in [0.25, 0.3) is 0 Å². The van der Waals surface area contributed by atoms with Gasteiger partial charge in [-0.05, 0) is 52.9 Å². The fraction of sp³-hybridized carbons (Fsp3) is 0.615. The van der Waals surface area contributed by atoms with Crippen LogP contribution in [0.5, 0.6) is 0 Å². The average Bonchev–Trinajstić information content (AvgIpc) is 2.90. The molecule has 0 amide bonds. The molecule has 0 aliphatic heterocycles. The summed E-state index contributed by atoms with van der Waals surface area (Å²) in [5.74, 6) is 2.80. The lowest BCUT2D eigenvalue weighted by molar-refractivity contribution is 0.348. The zero-order valence-electron chi connectivity index (χ0n) is 9.82. The van der Waals surface area contributed by atoms with Crippen molar-refractivity contribution in [3.8, 4) is 0 Å². The summed E-state index contributed by atoms with van der Waals surface area (Å²) in [4.78, 5) is 4.05. The van der Waals surface area contributed by atoms with Gasteiger partial charge >= 0.3 is 0 Å². The Hall–Kier alpha value is -0.770. The van der Waals surface area contributed by atoms with Gasteiger partial charge in [-0.25, -0.2) is 0 Å². The molecular formula is C13H18BrN3. The number of aromatic nitrogens is 1. The Labute approximate surface area is 110 Å². The van der Waals surface area contributed by atoms with Crippen molar-refractivity contribution in [3.05, 3.63) is 16.9 Å². The molecule has 3 N–H and O–H groups in total. The molecule has 3 atom stereocenters. The molecule has 2 bridgehead atoms. The number of nitrogens with one attached hydrogen (secondary N) is 1. The van der Waals surface area contributed by atoms with E-state index in [-0.39, 0.29) is 0 Å². The average molecular weight is 296 g/mol. The summed E-state index contributed by atoms with van der Waals surface area (Å²) in [6, 6.07) is 0. The largest absolute Gasteiger partial charge is 0.396 e. The first kappa shape index (κ1) is 11.3. The Morgan fingerprint density at radius 2 is 2.24 bits per heavy atom. The minimum Gasteiger partial charge on any atom is -0.396 e. The Balaban J connectivity index is 1.64. The van der Waals surface area contributed by atoms with Crippen molar-refractivity contribution in [1.29, 1.82) is 0 Å². The van der Waals surface area contributed by atoms with Gasteiger partial charge in [0.05, 0.1) is 22.0 Å². The second-order valence-electron chi connectivity index (χ2n) is 5.40. The van der Waals surface area contributed by atoms with Gasteiger partial charge < -0.3 is 11.1 Å². The second kappa shape index (κ2) is 4.48. The minimum atomic E-state index is 0.725. The van der Waals surface area contributed by atoms with Gasteiger partial charge in [-0.15, -0.1) is 0 Å². The highest BCUT2D eigenvalue weighted by Crippen LogP contribution is 2.48. The van der Waals surface area contributed by atoms with Crippen molar-refractivity contribution in [2.45, 2.75) is 25.7 Å². The number of hydrogen-bond donors (Lipinski definition) is 2. The maximum absolute atomic E-state index is 5.93. The first-order valence-electron chi connectivity index (χ1n) is 6.37. The molecule has 0 radical (unpaired) electrons. The van der Waals surface area contributed by atoms with Gasteiger partial charge in [0, 0.05) is 12.7 Å². The summed E-state index contributed by atoms with van der Waals surface area (Å²) in [7, 11) is 0. The van der Waals surface area contributed by atoms with Crippen molar-refractivity contribution >= 4 is 27.3 Å². The predicted octanol–water partition coefficient (Wildman–Crippen LogP) is 3.27. The fourth-order valence-corrected chi connectivity index (χ4v) is 3.98. The van der Waals surface area contributed by atoms with Crippen LogP contribution in [0.4, 0.5) is 11.4 Å². The monoisotopic (exact) mass is 295 g/mol. The van der Waals surface area contributed by atoms with E-state index in [2.05, 4.69) is 26.2 Å². The number of hydrogen-bond acceptors (Lipinski definition) is 3. The van der Waals surface area contributed by atoms with Crippen LogP contribution in [0.2, 0.25) is 0 Å². The Morgan fingerprint density at radius 3 is 2.88 bits per heavy atom. The van der Waals surface area contributed by atoms with E-state index >= 15 is 0 Å². The highest BCUT2D eigenvalue weighted by atomic mass is 79.9. The lowest BCUT2D eigenvalue weighted by Gasteiger charge is -2.23. The van der Waals surface area contributed by atoms with E-state index < -0.39 is 0 Å². The third-order valence-corrected chi connectivity index (χ3v) is 4.96. The van der Waals surface area contributed by atoms with Gasteiger partial charge in [0.2, 0.25) is 0 Å². The van der Waals surface area contributed by atoms with Crippen molar-refractivity contribution in [3.63, 3.8) is 0 Å². The quantitative estimate of drug-likeness (QED) is 0.900. The van der Waals surface area contributed by atoms with Gasteiger partial charge in [-0.1, -0.05) is 6.42 Å². The van der Waals surface area contributed by atoms with E-state index in [4.69, 9.17) is 5.73 Å². The van der Waals surface area contributed by atoms with Gasteiger partial charge in [-0.2, -0.15) is 0 Å². The van der Waals surface area contributed by atoms with Crippen molar-refractivity contribution in [2.24, 2.45) is 17.8 Å². The Bertz CT molecular complexity index is 401. The van der Waals surface area contributed by atoms with Crippen LogP contribution < -0.4 is 11.1 Å². The van der Waals surface area contributed by atoms with Gasteiger partial charge in [0.25, 0.3) is 0 Å². The first-order chi connectivity index (χ1) is 8.24. The Morgan fingerprint density at radius 1 is 1.35 bits per heavy atom. The van der Waals surface area contributed by atoms with Crippen molar-refractivity contribution in [2.75, 3.05) is 17.6 Å². The number of fused-ring (bicyclic) bond motifs is 2. The molecule has 17 heavy (non-hydrogen) atoms. The van der Waals surface area contributed by atoms with Crippen molar-refractivity contribution < 1.29 is 0 Å². The third-order valence-electron chi connectivity index (χ3n) is 4.35. The summed E-state index contributed by atoms with van der Waals surface area (Å²) in [5, 5.41) is 3.50. The molecule has 1 aromatic heterocycles. The van der Waals surface area contributed by atoms with E-state index in [1.165, 1.54) is 25.7 Å². The fourth-order valence-electron chi connectivity index (χ4n) is 3.50. The highest BCUT2D eigenvalue weighted by Gasteiger charge is 2.39. The van der Waals surface area contributed by atoms with Crippen LogP contribution in [0.3, 0.4) is 0 Å². The molecule has 3 rings (SSSR count). The third kappa shape index (κ3) is 2.15. The molecule has 2 aliphatic carbocycles. The SMILES string of the molecule is Nc1cncc(Br)c1NCC1CC2CCC1C2. The Kier molecular flexibility index (Phi) is 2.99. The second-order valence-corrected chi connectivity index (χ2v) is 6.26. The number of pyridine rings is 1. The zero-order valence-corrected chi connectivity index (χ0v) is 11.4. The van der Waals surface area contributed by atoms with Crippen LogP contribution in [-0.2, 0) is 0 Å². The topological polar surface area (TPSA) is 50.9 Å². The normalized spacial score (nSPS) is 30.8. The number of nitrogens with zero attached hydrogens (tertiary/aromatic N) is 1. The van der Waals surface area contributed by atoms with Crippen LogP contribution in [0.1, 0.15) is 25.7 Å². The lowest BCUT2D eigenvalue weighted by Crippen LogP contribution is -2.20. The summed E-state index contributed by atoms with van der Waals surface area (Å²) in [5.41, 5.74) is 7.65. The van der Waals surface area contributed by atoms with E-state index in [0.717, 1.165) is 40.1 Å². The number of nitrogen functional groups attached to an aromatic ring is 1. The molecule has 1 aromatic rings. The summed E-state index contributed by atoms with van der Waals surface area (Å²) >= 11 is 3.49. The van der Waals surface area contributed by atoms with Crippen LogP contribution in [0, 0.1) is 17.8 Å². The maximum atomic E-state index is 5.93. The number of nitrogens with two attached hydrogens (primary N) is 1. The number of halogens is 1. The maximum Gasteiger partial charge on any atom is 0.0750 e. The first-order valence-corrected chi connectivity index (χ1v) is 7.16. The van der Waals surface area contributed by atoms with E-state index in [1.807, 2.05) is 0 Å².